The van der Waals surface area contributed by atoms with E-state index in [0.717, 1.165) is 6.54 Å². The Morgan fingerprint density at radius 1 is 1.36 bits per heavy atom. The number of phenolic OH excluding ortho intramolecular Hbond substituents is 1. The summed E-state index contributed by atoms with van der Waals surface area (Å²) in [6.45, 7) is 6.50. The van der Waals surface area contributed by atoms with E-state index in [1.165, 1.54) is 18.2 Å². The number of hydrogen-bond donors (Lipinski definition) is 1. The zero-order chi connectivity index (χ0) is 16.3. The molecule has 0 radical (unpaired) electrons. The van der Waals surface area contributed by atoms with Crippen LogP contribution in [0.2, 0.25) is 0 Å². The number of hydrogen-bond acceptors (Lipinski definition) is 4. The first-order valence-corrected chi connectivity index (χ1v) is 7.47. The summed E-state index contributed by atoms with van der Waals surface area (Å²) >= 11 is 0. The molecule has 5 nitrogen and oxygen atoms in total. The van der Waals surface area contributed by atoms with E-state index in [-0.39, 0.29) is 23.4 Å². The van der Waals surface area contributed by atoms with Gasteiger partial charge in [-0.1, -0.05) is 6.07 Å². The fourth-order valence-corrected chi connectivity index (χ4v) is 3.04. The van der Waals surface area contributed by atoms with Crippen molar-refractivity contribution >= 4 is 5.91 Å². The number of halogens is 1. The van der Waals surface area contributed by atoms with Gasteiger partial charge < -0.3 is 14.7 Å². The molecule has 0 unspecified atom stereocenters. The Bertz CT molecular complexity index is 506. The smallest absolute Gasteiger partial charge is 0.260 e. The number of nitrogens with zero attached hydrogens (tertiary/aromatic N) is 2. The maximum absolute atomic E-state index is 13.9. The van der Waals surface area contributed by atoms with Crippen molar-refractivity contribution in [2.24, 2.45) is 0 Å². The van der Waals surface area contributed by atoms with E-state index in [9.17, 15) is 14.3 Å². The molecule has 1 aliphatic rings. The monoisotopic (exact) mass is 310 g/mol. The summed E-state index contributed by atoms with van der Waals surface area (Å²) in [6.07, 6.45) is 0. The maximum Gasteiger partial charge on any atom is 0.260 e. The van der Waals surface area contributed by atoms with E-state index in [1.54, 1.807) is 12.0 Å². The summed E-state index contributed by atoms with van der Waals surface area (Å²) in [5.41, 5.74) is -0.243. The molecule has 1 aliphatic heterocycles. The average molecular weight is 310 g/mol. The zero-order valence-electron chi connectivity index (χ0n) is 13.3. The number of piperazine rings is 1. The van der Waals surface area contributed by atoms with Crippen LogP contribution in [0.4, 0.5) is 4.39 Å². The van der Waals surface area contributed by atoms with Crippen LogP contribution in [0.3, 0.4) is 0 Å². The lowest BCUT2D eigenvalue weighted by molar-refractivity contribution is 0.0189. The number of ether oxygens (including phenoxy) is 1. The molecule has 1 N–H and O–H groups in total. The SMILES string of the molecule is COCCN1[C@H](C)CN(C(=O)c2c(O)cccc2F)C[C@@H]1C. The van der Waals surface area contributed by atoms with Crippen LogP contribution in [0.1, 0.15) is 24.2 Å². The van der Waals surface area contributed by atoms with Crippen molar-refractivity contribution in [3.05, 3.63) is 29.6 Å². The minimum absolute atomic E-state index is 0.150. The Labute approximate surface area is 130 Å². The molecule has 1 aromatic carbocycles. The number of aromatic hydroxyl groups is 1. The van der Waals surface area contributed by atoms with Crippen molar-refractivity contribution in [1.82, 2.24) is 9.80 Å². The largest absolute Gasteiger partial charge is 0.507 e. The maximum atomic E-state index is 13.9. The molecule has 2 rings (SSSR count). The summed E-state index contributed by atoms with van der Waals surface area (Å²) in [7, 11) is 1.66. The van der Waals surface area contributed by atoms with Gasteiger partial charge in [-0.3, -0.25) is 9.69 Å². The second-order valence-corrected chi connectivity index (χ2v) is 5.77. The minimum Gasteiger partial charge on any atom is -0.507 e. The third-order valence-corrected chi connectivity index (χ3v) is 4.15. The fourth-order valence-electron chi connectivity index (χ4n) is 3.04. The van der Waals surface area contributed by atoms with Crippen molar-refractivity contribution in [3.63, 3.8) is 0 Å². The second-order valence-electron chi connectivity index (χ2n) is 5.77. The van der Waals surface area contributed by atoms with E-state index < -0.39 is 11.7 Å². The molecule has 0 aromatic heterocycles. The van der Waals surface area contributed by atoms with E-state index in [4.69, 9.17) is 4.74 Å². The molecule has 22 heavy (non-hydrogen) atoms. The van der Waals surface area contributed by atoms with Gasteiger partial charge in [0.1, 0.15) is 17.1 Å². The van der Waals surface area contributed by atoms with Gasteiger partial charge in [-0.15, -0.1) is 0 Å². The van der Waals surface area contributed by atoms with E-state index >= 15 is 0 Å². The topological polar surface area (TPSA) is 53.0 Å². The molecule has 0 spiro atoms. The molecular weight excluding hydrogens is 287 g/mol. The van der Waals surface area contributed by atoms with Crippen LogP contribution in [0.15, 0.2) is 18.2 Å². The highest BCUT2D eigenvalue weighted by Gasteiger charge is 2.33. The van der Waals surface area contributed by atoms with Gasteiger partial charge in [0.05, 0.1) is 6.61 Å². The molecule has 1 fully saturated rings. The zero-order valence-corrected chi connectivity index (χ0v) is 13.3. The van der Waals surface area contributed by atoms with E-state index in [2.05, 4.69) is 4.90 Å². The van der Waals surface area contributed by atoms with Gasteiger partial charge in [-0.25, -0.2) is 4.39 Å². The standard InChI is InChI=1S/C16H23FN2O3/c1-11-9-18(10-12(2)19(11)7-8-22-3)16(21)15-13(17)5-4-6-14(15)20/h4-6,11-12,20H,7-10H2,1-3H3/t11-,12+. The Kier molecular flexibility index (Phi) is 5.37. The molecule has 0 saturated carbocycles. The van der Waals surface area contributed by atoms with Gasteiger partial charge in [0.15, 0.2) is 0 Å². The highest BCUT2D eigenvalue weighted by molar-refractivity contribution is 5.97. The molecule has 122 valence electrons. The van der Waals surface area contributed by atoms with Crippen LogP contribution in [0.25, 0.3) is 0 Å². The highest BCUT2D eigenvalue weighted by Crippen LogP contribution is 2.24. The molecule has 1 amide bonds. The van der Waals surface area contributed by atoms with Gasteiger partial charge in [0.25, 0.3) is 5.91 Å². The third-order valence-electron chi connectivity index (χ3n) is 4.15. The summed E-state index contributed by atoms with van der Waals surface area (Å²) in [5, 5.41) is 9.78. The summed E-state index contributed by atoms with van der Waals surface area (Å²) < 4.78 is 19.0. The normalized spacial score (nSPS) is 22.8. The summed E-state index contributed by atoms with van der Waals surface area (Å²) in [6, 6.07) is 4.20. The average Bonchev–Trinajstić information content (AvgIpc) is 2.46. The van der Waals surface area contributed by atoms with Gasteiger partial charge >= 0.3 is 0 Å². The van der Waals surface area contributed by atoms with Crippen LogP contribution >= 0.6 is 0 Å². The molecule has 1 saturated heterocycles. The first kappa shape index (κ1) is 16.7. The van der Waals surface area contributed by atoms with Crippen LogP contribution in [0, 0.1) is 5.82 Å². The van der Waals surface area contributed by atoms with Gasteiger partial charge in [0, 0.05) is 38.8 Å². The minimum atomic E-state index is -0.688. The van der Waals surface area contributed by atoms with Gasteiger partial charge in [0.2, 0.25) is 0 Å². The number of amides is 1. The third kappa shape index (κ3) is 3.39. The lowest BCUT2D eigenvalue weighted by atomic mass is 10.1. The Hall–Kier alpha value is -1.66. The lowest BCUT2D eigenvalue weighted by Gasteiger charge is -2.44. The van der Waals surface area contributed by atoms with Crippen LogP contribution in [-0.4, -0.2) is 66.2 Å². The first-order chi connectivity index (χ1) is 10.5. The number of rotatable bonds is 4. The molecule has 0 bridgehead atoms. The van der Waals surface area contributed by atoms with Crippen molar-refractivity contribution in [1.29, 1.82) is 0 Å². The molecule has 1 heterocycles. The summed E-state index contributed by atoms with van der Waals surface area (Å²) in [5.74, 6) is -1.46. The predicted molar refractivity (Wildman–Crippen MR) is 81.5 cm³/mol. The van der Waals surface area contributed by atoms with Crippen LogP contribution in [-0.2, 0) is 4.74 Å². The van der Waals surface area contributed by atoms with Crippen molar-refractivity contribution < 1.29 is 19.0 Å². The quantitative estimate of drug-likeness (QED) is 0.920. The Morgan fingerprint density at radius 3 is 2.55 bits per heavy atom. The van der Waals surface area contributed by atoms with E-state index in [0.29, 0.717) is 19.7 Å². The number of carbonyl (C=O) groups is 1. The summed E-state index contributed by atoms with van der Waals surface area (Å²) in [4.78, 5) is 16.4. The highest BCUT2D eigenvalue weighted by atomic mass is 19.1. The van der Waals surface area contributed by atoms with Crippen molar-refractivity contribution in [2.75, 3.05) is 33.4 Å². The van der Waals surface area contributed by atoms with Gasteiger partial charge in [-0.05, 0) is 26.0 Å². The molecule has 6 heteroatoms. The molecule has 1 aromatic rings. The first-order valence-electron chi connectivity index (χ1n) is 7.47. The predicted octanol–water partition coefficient (Wildman–Crippen LogP) is 1.71. The van der Waals surface area contributed by atoms with Crippen LogP contribution in [0.5, 0.6) is 5.75 Å². The van der Waals surface area contributed by atoms with Gasteiger partial charge in [-0.2, -0.15) is 0 Å². The Morgan fingerprint density at radius 2 is 2.00 bits per heavy atom. The number of benzene rings is 1. The second kappa shape index (κ2) is 7.07. The number of phenols is 1. The van der Waals surface area contributed by atoms with Crippen molar-refractivity contribution in [2.45, 2.75) is 25.9 Å². The number of carbonyl (C=O) groups excluding carboxylic acids is 1. The molecular formula is C16H23FN2O3. The Balaban J connectivity index is 2.13. The van der Waals surface area contributed by atoms with Crippen molar-refractivity contribution in [3.8, 4) is 5.75 Å². The number of methoxy groups -OCH3 is 1. The lowest BCUT2D eigenvalue weighted by Crippen LogP contribution is -2.58. The van der Waals surface area contributed by atoms with E-state index in [1.807, 2.05) is 13.8 Å². The molecule has 2 atom stereocenters. The fraction of sp³-hybridized carbons (Fsp3) is 0.562. The molecule has 0 aliphatic carbocycles. The van der Waals surface area contributed by atoms with Crippen LogP contribution < -0.4 is 0 Å².